The lowest BCUT2D eigenvalue weighted by atomic mass is 10.1. The lowest BCUT2D eigenvalue weighted by molar-refractivity contribution is -0.120. The molecule has 92 valence electrons. The molecule has 1 aromatic rings. The van der Waals surface area contributed by atoms with Gasteiger partial charge in [-0.3, -0.25) is 4.79 Å². The molecule has 0 aromatic heterocycles. The van der Waals surface area contributed by atoms with E-state index in [0.29, 0.717) is 13.0 Å². The number of benzene rings is 1. The first-order valence-corrected chi connectivity index (χ1v) is 7.06. The molecule has 2 nitrogen and oxygen atoms in total. The van der Waals surface area contributed by atoms with Crippen molar-refractivity contribution in [3.8, 4) is 0 Å². The Labute approximate surface area is 112 Å². The van der Waals surface area contributed by atoms with Gasteiger partial charge in [0.25, 0.3) is 0 Å². The molecule has 0 radical (unpaired) electrons. The summed E-state index contributed by atoms with van der Waals surface area (Å²) in [5, 5.41) is 2.89. The Morgan fingerprint density at radius 1 is 1.41 bits per heavy atom. The van der Waals surface area contributed by atoms with Crippen LogP contribution in [0.25, 0.3) is 0 Å². The number of amides is 1. The van der Waals surface area contributed by atoms with Gasteiger partial charge in [-0.25, -0.2) is 0 Å². The van der Waals surface area contributed by atoms with Crippen LogP contribution in [0.1, 0.15) is 5.56 Å². The summed E-state index contributed by atoms with van der Waals surface area (Å²) in [7, 11) is 0. The topological polar surface area (TPSA) is 29.1 Å². The maximum absolute atomic E-state index is 11.6. The number of rotatable bonds is 7. The smallest absolute Gasteiger partial charge is 0.224 e. The molecular weight excluding hydrogens is 250 g/mol. The van der Waals surface area contributed by atoms with E-state index < -0.39 is 0 Å². The van der Waals surface area contributed by atoms with E-state index in [-0.39, 0.29) is 5.91 Å². The zero-order valence-corrected chi connectivity index (χ0v) is 11.4. The normalized spacial score (nSPS) is 9.94. The summed E-state index contributed by atoms with van der Waals surface area (Å²) in [5.41, 5.74) is 1.01. The van der Waals surface area contributed by atoms with Crippen LogP contribution in [0.2, 0.25) is 0 Å². The lowest BCUT2D eigenvalue weighted by Gasteiger charge is -2.04. The highest BCUT2D eigenvalue weighted by atomic mass is 32.2. The van der Waals surface area contributed by atoms with Gasteiger partial charge in [0.1, 0.15) is 0 Å². The second-order valence-electron chi connectivity index (χ2n) is 3.56. The Bertz CT molecular complexity index is 362. The minimum atomic E-state index is 0.0658. The van der Waals surface area contributed by atoms with Crippen molar-refractivity contribution in [2.24, 2.45) is 0 Å². The standard InChI is InChI=1S/C13H17NOS2/c1-2-8-17-9-7-14-13(15)10-11-3-5-12(16)6-4-11/h2-6,16H,1,7-10H2,(H,14,15). The predicted molar refractivity (Wildman–Crippen MR) is 77.9 cm³/mol. The summed E-state index contributed by atoms with van der Waals surface area (Å²) < 4.78 is 0. The van der Waals surface area contributed by atoms with E-state index in [9.17, 15) is 4.79 Å². The minimum absolute atomic E-state index is 0.0658. The van der Waals surface area contributed by atoms with Crippen molar-refractivity contribution in [3.63, 3.8) is 0 Å². The van der Waals surface area contributed by atoms with Gasteiger partial charge in [0.2, 0.25) is 5.91 Å². The van der Waals surface area contributed by atoms with E-state index in [1.54, 1.807) is 11.8 Å². The second-order valence-corrected chi connectivity index (χ2v) is 5.22. The first kappa shape index (κ1) is 14.2. The molecule has 1 N–H and O–H groups in total. The molecule has 1 amide bonds. The predicted octanol–water partition coefficient (Wildman–Crippen LogP) is 2.55. The molecule has 1 rings (SSSR count). The third-order valence-corrected chi connectivity index (χ3v) is 3.37. The number of thiol groups is 1. The van der Waals surface area contributed by atoms with Crippen molar-refractivity contribution in [3.05, 3.63) is 42.5 Å². The van der Waals surface area contributed by atoms with Crippen LogP contribution in [0, 0.1) is 0 Å². The molecule has 17 heavy (non-hydrogen) atoms. The molecule has 4 heteroatoms. The van der Waals surface area contributed by atoms with Gasteiger partial charge in [0.05, 0.1) is 6.42 Å². The molecule has 0 heterocycles. The zero-order valence-electron chi connectivity index (χ0n) is 9.69. The fourth-order valence-electron chi connectivity index (χ4n) is 1.29. The van der Waals surface area contributed by atoms with Crippen LogP contribution in [-0.4, -0.2) is 24.0 Å². The average molecular weight is 267 g/mol. The van der Waals surface area contributed by atoms with Gasteiger partial charge in [0, 0.05) is 22.9 Å². The van der Waals surface area contributed by atoms with Gasteiger partial charge in [-0.2, -0.15) is 11.8 Å². The second kappa shape index (κ2) is 8.25. The summed E-state index contributed by atoms with van der Waals surface area (Å²) in [4.78, 5) is 12.5. The van der Waals surface area contributed by atoms with Crippen LogP contribution in [0.15, 0.2) is 41.8 Å². The maximum Gasteiger partial charge on any atom is 0.224 e. The SMILES string of the molecule is C=CCSCCNC(=O)Cc1ccc(S)cc1. The third kappa shape index (κ3) is 6.44. The van der Waals surface area contributed by atoms with Gasteiger partial charge in [-0.15, -0.1) is 19.2 Å². The summed E-state index contributed by atoms with van der Waals surface area (Å²) in [5.74, 6) is 1.92. The van der Waals surface area contributed by atoms with Crippen molar-refractivity contribution >= 4 is 30.3 Å². The highest BCUT2D eigenvalue weighted by Gasteiger charge is 2.02. The average Bonchev–Trinajstić information content (AvgIpc) is 2.32. The van der Waals surface area contributed by atoms with Crippen molar-refractivity contribution in [2.45, 2.75) is 11.3 Å². The third-order valence-electron chi connectivity index (χ3n) is 2.11. The van der Waals surface area contributed by atoms with Crippen molar-refractivity contribution in [1.29, 1.82) is 0 Å². The van der Waals surface area contributed by atoms with Crippen LogP contribution in [-0.2, 0) is 11.2 Å². The molecule has 0 unspecified atom stereocenters. The van der Waals surface area contributed by atoms with Crippen LogP contribution >= 0.6 is 24.4 Å². The van der Waals surface area contributed by atoms with Crippen molar-refractivity contribution in [1.82, 2.24) is 5.32 Å². The first-order chi connectivity index (χ1) is 8.22. The van der Waals surface area contributed by atoms with Crippen molar-refractivity contribution < 1.29 is 4.79 Å². The quantitative estimate of drug-likeness (QED) is 0.452. The van der Waals surface area contributed by atoms with Crippen LogP contribution in [0.5, 0.6) is 0 Å². The van der Waals surface area contributed by atoms with Crippen LogP contribution in [0.4, 0.5) is 0 Å². The molecule has 0 aliphatic heterocycles. The van der Waals surface area contributed by atoms with E-state index >= 15 is 0 Å². The monoisotopic (exact) mass is 267 g/mol. The van der Waals surface area contributed by atoms with Gasteiger partial charge in [-0.05, 0) is 17.7 Å². The first-order valence-electron chi connectivity index (χ1n) is 5.45. The fourth-order valence-corrected chi connectivity index (χ4v) is 2.02. The highest BCUT2D eigenvalue weighted by Crippen LogP contribution is 2.08. The van der Waals surface area contributed by atoms with Crippen molar-refractivity contribution in [2.75, 3.05) is 18.1 Å². The largest absolute Gasteiger partial charge is 0.355 e. The molecule has 0 saturated carbocycles. The molecule has 0 aliphatic carbocycles. The van der Waals surface area contributed by atoms with E-state index in [0.717, 1.165) is 22.0 Å². The molecule has 0 aliphatic rings. The molecule has 0 saturated heterocycles. The molecular formula is C13H17NOS2. The van der Waals surface area contributed by atoms with Gasteiger partial charge >= 0.3 is 0 Å². The minimum Gasteiger partial charge on any atom is -0.355 e. The van der Waals surface area contributed by atoms with Gasteiger partial charge < -0.3 is 5.32 Å². The molecule has 0 fully saturated rings. The number of thioether (sulfide) groups is 1. The van der Waals surface area contributed by atoms with E-state index in [1.165, 1.54) is 0 Å². The Hall–Kier alpha value is -0.870. The summed E-state index contributed by atoms with van der Waals surface area (Å²) in [6, 6.07) is 7.64. The Kier molecular flexibility index (Phi) is 6.89. The number of carbonyl (C=O) groups excluding carboxylic acids is 1. The molecule has 0 bridgehead atoms. The molecule has 0 atom stereocenters. The van der Waals surface area contributed by atoms with E-state index in [1.807, 2.05) is 30.3 Å². The maximum atomic E-state index is 11.6. The number of carbonyl (C=O) groups is 1. The summed E-state index contributed by atoms with van der Waals surface area (Å²) in [6.07, 6.45) is 2.30. The van der Waals surface area contributed by atoms with E-state index in [4.69, 9.17) is 0 Å². The fraction of sp³-hybridized carbons (Fsp3) is 0.308. The van der Waals surface area contributed by atoms with Gasteiger partial charge in [0.15, 0.2) is 0 Å². The number of nitrogens with one attached hydrogen (secondary N) is 1. The summed E-state index contributed by atoms with van der Waals surface area (Å²) >= 11 is 5.96. The lowest BCUT2D eigenvalue weighted by Crippen LogP contribution is -2.27. The molecule has 0 spiro atoms. The Morgan fingerprint density at radius 2 is 2.12 bits per heavy atom. The Balaban J connectivity index is 2.20. The Morgan fingerprint density at radius 3 is 2.76 bits per heavy atom. The highest BCUT2D eigenvalue weighted by molar-refractivity contribution is 7.99. The number of hydrogen-bond acceptors (Lipinski definition) is 3. The van der Waals surface area contributed by atoms with E-state index in [2.05, 4.69) is 24.5 Å². The summed E-state index contributed by atoms with van der Waals surface area (Å²) in [6.45, 7) is 4.35. The van der Waals surface area contributed by atoms with Crippen LogP contribution < -0.4 is 5.32 Å². The van der Waals surface area contributed by atoms with Gasteiger partial charge in [-0.1, -0.05) is 18.2 Å². The molecule has 1 aromatic carbocycles. The number of hydrogen-bond donors (Lipinski definition) is 2. The van der Waals surface area contributed by atoms with Crippen LogP contribution in [0.3, 0.4) is 0 Å². The zero-order chi connectivity index (χ0) is 12.5.